The fourth-order valence-corrected chi connectivity index (χ4v) is 1.90. The SMILES string of the molecule is O=C(NCCCCI)c1cc(F)c(Cl)cc1F. The van der Waals surface area contributed by atoms with Crippen LogP contribution in [0.3, 0.4) is 0 Å². The number of halogens is 4. The van der Waals surface area contributed by atoms with Crippen molar-refractivity contribution in [3.8, 4) is 0 Å². The summed E-state index contributed by atoms with van der Waals surface area (Å²) >= 11 is 7.62. The van der Waals surface area contributed by atoms with Gasteiger partial charge in [0.05, 0.1) is 10.6 Å². The highest BCUT2D eigenvalue weighted by Gasteiger charge is 2.14. The molecule has 0 radical (unpaired) electrons. The van der Waals surface area contributed by atoms with Crippen LogP contribution in [0.5, 0.6) is 0 Å². The van der Waals surface area contributed by atoms with Crippen LogP contribution in [0.15, 0.2) is 12.1 Å². The van der Waals surface area contributed by atoms with Crippen LogP contribution in [0.2, 0.25) is 5.02 Å². The summed E-state index contributed by atoms with van der Waals surface area (Å²) in [5.41, 5.74) is -0.318. The summed E-state index contributed by atoms with van der Waals surface area (Å²) in [4.78, 5) is 11.5. The van der Waals surface area contributed by atoms with Crippen LogP contribution < -0.4 is 5.32 Å². The van der Waals surface area contributed by atoms with Gasteiger partial charge in [-0.05, 0) is 29.4 Å². The minimum absolute atomic E-state index is 0.318. The molecule has 0 bridgehead atoms. The molecule has 1 rings (SSSR count). The predicted molar refractivity (Wildman–Crippen MR) is 71.8 cm³/mol. The maximum absolute atomic E-state index is 13.3. The first kappa shape index (κ1) is 14.6. The van der Waals surface area contributed by atoms with E-state index in [0.29, 0.717) is 6.54 Å². The van der Waals surface area contributed by atoms with Crippen molar-refractivity contribution in [2.75, 3.05) is 11.0 Å². The van der Waals surface area contributed by atoms with Crippen LogP contribution in [0.4, 0.5) is 8.78 Å². The Labute approximate surface area is 117 Å². The number of amides is 1. The second-order valence-corrected chi connectivity index (χ2v) is 4.88. The molecule has 0 fully saturated rings. The molecule has 1 aromatic carbocycles. The van der Waals surface area contributed by atoms with E-state index in [0.717, 1.165) is 29.4 Å². The Morgan fingerprint density at radius 2 is 2.00 bits per heavy atom. The van der Waals surface area contributed by atoms with Gasteiger partial charge in [-0.2, -0.15) is 0 Å². The van der Waals surface area contributed by atoms with Gasteiger partial charge in [-0.3, -0.25) is 4.79 Å². The van der Waals surface area contributed by atoms with Gasteiger partial charge in [0.15, 0.2) is 0 Å². The highest BCUT2D eigenvalue weighted by molar-refractivity contribution is 14.1. The van der Waals surface area contributed by atoms with Crippen LogP contribution in [-0.2, 0) is 0 Å². The average molecular weight is 374 g/mol. The summed E-state index contributed by atoms with van der Waals surface area (Å²) < 4.78 is 27.4. The Balaban J connectivity index is 2.66. The zero-order valence-electron chi connectivity index (χ0n) is 8.90. The molecule has 1 aromatic rings. The highest BCUT2D eigenvalue weighted by Crippen LogP contribution is 2.19. The molecule has 0 aliphatic carbocycles. The van der Waals surface area contributed by atoms with Crippen molar-refractivity contribution in [2.24, 2.45) is 0 Å². The minimum Gasteiger partial charge on any atom is -0.352 e. The van der Waals surface area contributed by atoms with E-state index < -0.39 is 17.5 Å². The van der Waals surface area contributed by atoms with Crippen molar-refractivity contribution in [1.29, 1.82) is 0 Å². The number of nitrogens with one attached hydrogen (secondary N) is 1. The van der Waals surface area contributed by atoms with Gasteiger partial charge in [-0.15, -0.1) is 0 Å². The summed E-state index contributed by atoms with van der Waals surface area (Å²) in [6.07, 6.45) is 1.78. The van der Waals surface area contributed by atoms with Gasteiger partial charge in [0.25, 0.3) is 5.91 Å². The van der Waals surface area contributed by atoms with Gasteiger partial charge in [-0.1, -0.05) is 34.2 Å². The first-order valence-electron chi connectivity index (χ1n) is 5.05. The normalized spacial score (nSPS) is 10.4. The number of alkyl halides is 1. The predicted octanol–water partition coefficient (Wildman–Crippen LogP) is 3.56. The third-order valence-electron chi connectivity index (χ3n) is 2.10. The third kappa shape index (κ3) is 4.39. The second-order valence-electron chi connectivity index (χ2n) is 3.40. The molecule has 0 aliphatic heterocycles. The maximum atomic E-state index is 13.3. The zero-order valence-corrected chi connectivity index (χ0v) is 11.8. The first-order valence-corrected chi connectivity index (χ1v) is 6.95. The van der Waals surface area contributed by atoms with E-state index in [-0.39, 0.29) is 10.6 Å². The molecule has 0 heterocycles. The molecule has 0 spiro atoms. The summed E-state index contributed by atoms with van der Waals surface area (Å²) in [5.74, 6) is -2.24. The molecular formula is C11H11ClF2INO. The van der Waals surface area contributed by atoms with Crippen LogP contribution in [0, 0.1) is 11.6 Å². The largest absolute Gasteiger partial charge is 0.352 e. The van der Waals surface area contributed by atoms with Crippen LogP contribution >= 0.6 is 34.2 Å². The molecular weight excluding hydrogens is 362 g/mol. The van der Waals surface area contributed by atoms with Gasteiger partial charge in [0.1, 0.15) is 11.6 Å². The van der Waals surface area contributed by atoms with Crippen LogP contribution in [0.1, 0.15) is 23.2 Å². The fraction of sp³-hybridized carbons (Fsp3) is 0.364. The van der Waals surface area contributed by atoms with E-state index in [2.05, 4.69) is 27.9 Å². The lowest BCUT2D eigenvalue weighted by atomic mass is 10.2. The van der Waals surface area contributed by atoms with Crippen LogP contribution in [-0.4, -0.2) is 16.9 Å². The second kappa shape index (κ2) is 7.10. The Bertz CT molecular complexity index is 415. The highest BCUT2D eigenvalue weighted by atomic mass is 127. The minimum atomic E-state index is -0.817. The number of hydrogen-bond donors (Lipinski definition) is 1. The fourth-order valence-electron chi connectivity index (χ4n) is 1.21. The molecule has 0 saturated carbocycles. The van der Waals surface area contributed by atoms with Gasteiger partial charge >= 0.3 is 0 Å². The third-order valence-corrected chi connectivity index (χ3v) is 3.15. The van der Waals surface area contributed by atoms with Gasteiger partial charge in [-0.25, -0.2) is 8.78 Å². The number of rotatable bonds is 5. The lowest BCUT2D eigenvalue weighted by Gasteiger charge is -2.06. The smallest absolute Gasteiger partial charge is 0.254 e. The summed E-state index contributed by atoms with van der Waals surface area (Å²) in [5, 5.41) is 2.20. The first-order chi connectivity index (χ1) is 8.06. The van der Waals surface area contributed by atoms with E-state index >= 15 is 0 Å². The number of benzene rings is 1. The van der Waals surface area contributed by atoms with Gasteiger partial charge in [0, 0.05) is 6.54 Å². The van der Waals surface area contributed by atoms with E-state index in [1.807, 2.05) is 0 Å². The van der Waals surface area contributed by atoms with E-state index in [1.165, 1.54) is 0 Å². The number of hydrogen-bond acceptors (Lipinski definition) is 1. The van der Waals surface area contributed by atoms with Crippen molar-refractivity contribution >= 4 is 40.1 Å². The van der Waals surface area contributed by atoms with Crippen molar-refractivity contribution in [1.82, 2.24) is 5.32 Å². The van der Waals surface area contributed by atoms with Gasteiger partial charge < -0.3 is 5.32 Å². The standard InChI is InChI=1S/C11H11ClF2INO/c12-8-6-9(13)7(5-10(8)14)11(17)16-4-2-1-3-15/h5-6H,1-4H2,(H,16,17). The lowest BCUT2D eigenvalue weighted by molar-refractivity contribution is 0.0948. The zero-order chi connectivity index (χ0) is 12.8. The monoisotopic (exact) mass is 373 g/mol. The summed E-state index contributed by atoms with van der Waals surface area (Å²) in [6, 6.07) is 1.61. The Morgan fingerprint density at radius 1 is 1.29 bits per heavy atom. The van der Waals surface area contributed by atoms with Crippen molar-refractivity contribution < 1.29 is 13.6 Å². The molecule has 0 atom stereocenters. The molecule has 1 amide bonds. The topological polar surface area (TPSA) is 29.1 Å². The Morgan fingerprint density at radius 3 is 2.65 bits per heavy atom. The molecule has 94 valence electrons. The maximum Gasteiger partial charge on any atom is 0.254 e. The Kier molecular flexibility index (Phi) is 6.11. The van der Waals surface area contributed by atoms with Crippen molar-refractivity contribution in [3.63, 3.8) is 0 Å². The number of carbonyl (C=O) groups is 1. The quantitative estimate of drug-likeness (QED) is 0.364. The average Bonchev–Trinajstić information content (AvgIpc) is 2.29. The summed E-state index contributed by atoms with van der Waals surface area (Å²) in [6.45, 7) is 0.450. The molecule has 0 unspecified atom stereocenters. The number of unbranched alkanes of at least 4 members (excludes halogenated alkanes) is 1. The Hall–Kier alpha value is -0.430. The molecule has 0 saturated heterocycles. The molecule has 0 aromatic heterocycles. The molecule has 6 heteroatoms. The van der Waals surface area contributed by atoms with E-state index in [1.54, 1.807) is 0 Å². The van der Waals surface area contributed by atoms with Crippen molar-refractivity contribution in [3.05, 3.63) is 34.4 Å². The molecule has 1 N–H and O–H groups in total. The van der Waals surface area contributed by atoms with Crippen LogP contribution in [0.25, 0.3) is 0 Å². The van der Waals surface area contributed by atoms with Gasteiger partial charge in [0.2, 0.25) is 0 Å². The van der Waals surface area contributed by atoms with E-state index in [9.17, 15) is 13.6 Å². The lowest BCUT2D eigenvalue weighted by Crippen LogP contribution is -2.25. The van der Waals surface area contributed by atoms with E-state index in [4.69, 9.17) is 11.6 Å². The molecule has 17 heavy (non-hydrogen) atoms. The molecule has 0 aliphatic rings. The number of carbonyl (C=O) groups excluding carboxylic acids is 1. The molecule has 2 nitrogen and oxygen atoms in total. The van der Waals surface area contributed by atoms with Crippen molar-refractivity contribution in [2.45, 2.75) is 12.8 Å². The summed E-state index contributed by atoms with van der Waals surface area (Å²) in [7, 11) is 0.